The molecule has 5 rings (SSSR count). The van der Waals surface area contributed by atoms with E-state index in [0.717, 1.165) is 41.0 Å². The number of sulfonamides is 2. The van der Waals surface area contributed by atoms with Gasteiger partial charge in [-0.05, 0) is 60.2 Å². The third-order valence-corrected chi connectivity index (χ3v) is 11.9. The summed E-state index contributed by atoms with van der Waals surface area (Å²) in [5.74, 6) is -0.626. The fourth-order valence-corrected chi connectivity index (χ4v) is 8.85. The fraction of sp³-hybridized carbons (Fsp3) is 0.357. The predicted molar refractivity (Wildman–Crippen MR) is 166 cm³/mol. The van der Waals surface area contributed by atoms with Crippen LogP contribution in [-0.2, 0) is 36.0 Å². The van der Waals surface area contributed by atoms with Crippen molar-refractivity contribution in [2.75, 3.05) is 18.9 Å². The quantitative estimate of drug-likeness (QED) is 0.237. The molecule has 1 saturated carbocycles. The number of hydrogen-bond donors (Lipinski definition) is 1. The lowest BCUT2D eigenvalue weighted by Gasteiger charge is -2.26. The van der Waals surface area contributed by atoms with Crippen LogP contribution in [0.2, 0.25) is 10.0 Å². The SMILES string of the molecule is NS(=O)(=O)c1cccc(S(=O)(=O)N2CCS[C@H]2C(=O)O[C@@H](Cc2c(Cl)cncc2Cl)c2ccc(OC(F)F)c(OCC3CC3)c2)c1. The molecular formula is C28H27Cl2F2N3O8S3. The van der Waals surface area contributed by atoms with Gasteiger partial charge in [0.15, 0.2) is 16.9 Å². The monoisotopic (exact) mass is 737 g/mol. The Labute approximate surface area is 278 Å². The van der Waals surface area contributed by atoms with Gasteiger partial charge in [-0.15, -0.1) is 11.8 Å². The van der Waals surface area contributed by atoms with Gasteiger partial charge in [-0.2, -0.15) is 13.1 Å². The number of rotatable bonds is 13. The van der Waals surface area contributed by atoms with Gasteiger partial charge in [-0.3, -0.25) is 4.98 Å². The Hall–Kier alpha value is -2.73. The Morgan fingerprint density at radius 2 is 1.74 bits per heavy atom. The molecule has 0 spiro atoms. The summed E-state index contributed by atoms with van der Waals surface area (Å²) in [7, 11) is -8.60. The molecule has 0 unspecified atom stereocenters. The number of benzene rings is 2. The van der Waals surface area contributed by atoms with Crippen molar-refractivity contribution in [3.05, 3.63) is 76.0 Å². The van der Waals surface area contributed by atoms with Crippen molar-refractivity contribution in [2.45, 2.75) is 47.1 Å². The molecule has 18 heteroatoms. The smallest absolute Gasteiger partial charge is 0.387 e. The number of nitrogens with zero attached hydrogens (tertiary/aromatic N) is 2. The van der Waals surface area contributed by atoms with Crippen LogP contribution in [0.5, 0.6) is 11.5 Å². The Morgan fingerprint density at radius 3 is 2.39 bits per heavy atom. The first-order valence-corrected chi connectivity index (χ1v) is 18.5. The van der Waals surface area contributed by atoms with Gasteiger partial charge in [0.2, 0.25) is 20.0 Å². The van der Waals surface area contributed by atoms with Gasteiger partial charge in [0.25, 0.3) is 0 Å². The first kappa shape index (κ1) is 34.6. The van der Waals surface area contributed by atoms with Gasteiger partial charge in [-0.1, -0.05) is 35.3 Å². The van der Waals surface area contributed by atoms with Crippen molar-refractivity contribution in [1.29, 1.82) is 0 Å². The average molecular weight is 739 g/mol. The van der Waals surface area contributed by atoms with Crippen molar-refractivity contribution < 1.29 is 44.6 Å². The molecular weight excluding hydrogens is 711 g/mol. The number of pyridine rings is 1. The van der Waals surface area contributed by atoms with E-state index in [1.807, 2.05) is 0 Å². The molecule has 2 aromatic carbocycles. The molecule has 1 aliphatic carbocycles. The van der Waals surface area contributed by atoms with E-state index in [9.17, 15) is 30.4 Å². The van der Waals surface area contributed by atoms with Gasteiger partial charge in [0.05, 0.1) is 26.4 Å². The number of thioether (sulfide) groups is 1. The van der Waals surface area contributed by atoms with Crippen LogP contribution < -0.4 is 14.6 Å². The summed E-state index contributed by atoms with van der Waals surface area (Å²) in [6, 6.07) is 8.58. The Morgan fingerprint density at radius 1 is 1.04 bits per heavy atom. The zero-order valence-corrected chi connectivity index (χ0v) is 27.7. The zero-order valence-electron chi connectivity index (χ0n) is 23.7. The fourth-order valence-electron chi connectivity index (χ4n) is 4.60. The molecule has 2 atom stereocenters. The molecule has 2 heterocycles. The summed E-state index contributed by atoms with van der Waals surface area (Å²) in [5.41, 5.74) is 0.677. The number of ether oxygens (including phenoxy) is 3. The number of aromatic nitrogens is 1. The number of carbonyl (C=O) groups is 1. The summed E-state index contributed by atoms with van der Waals surface area (Å²) < 4.78 is 94.5. The summed E-state index contributed by atoms with van der Waals surface area (Å²) in [6.07, 6.45) is 3.34. The average Bonchev–Trinajstić information content (AvgIpc) is 3.69. The van der Waals surface area contributed by atoms with E-state index in [4.69, 9.17) is 37.8 Å². The molecule has 0 bridgehead atoms. The lowest BCUT2D eigenvalue weighted by atomic mass is 10.0. The standard InChI is InChI=1S/C28H27Cl2F2N3O8S3/c29-21-13-34-14-22(30)20(21)12-24(17-6-7-23(43-28(31)32)25(10-17)41-15-16-4-5-16)42-27(36)26-35(8-9-44-26)46(39,40)19-3-1-2-18(11-19)45(33,37)38/h1-3,6-7,10-11,13-14,16,24,26,28H,4-5,8-9,12,15H2,(H2,33,37,38)/t24-,26-/m0/s1. The molecule has 11 nitrogen and oxygen atoms in total. The van der Waals surface area contributed by atoms with Gasteiger partial charge < -0.3 is 14.2 Å². The van der Waals surface area contributed by atoms with Crippen LogP contribution in [0.1, 0.15) is 30.1 Å². The maximum atomic E-state index is 13.7. The molecule has 1 aliphatic heterocycles. The van der Waals surface area contributed by atoms with E-state index in [0.29, 0.717) is 11.1 Å². The topological polar surface area (TPSA) is 155 Å². The van der Waals surface area contributed by atoms with Crippen LogP contribution in [0.3, 0.4) is 0 Å². The number of alkyl halides is 2. The summed E-state index contributed by atoms with van der Waals surface area (Å²) in [6.45, 7) is -2.92. The maximum Gasteiger partial charge on any atom is 0.387 e. The van der Waals surface area contributed by atoms with Crippen LogP contribution in [0.15, 0.2) is 64.6 Å². The van der Waals surface area contributed by atoms with Crippen LogP contribution >= 0.6 is 35.0 Å². The molecule has 1 aromatic heterocycles. The van der Waals surface area contributed by atoms with E-state index in [1.54, 1.807) is 0 Å². The molecule has 0 amide bonds. The van der Waals surface area contributed by atoms with Crippen LogP contribution in [0.25, 0.3) is 0 Å². The highest BCUT2D eigenvalue weighted by Crippen LogP contribution is 2.39. The second-order valence-electron chi connectivity index (χ2n) is 10.4. The molecule has 46 heavy (non-hydrogen) atoms. The van der Waals surface area contributed by atoms with Gasteiger partial charge in [-0.25, -0.2) is 26.8 Å². The third-order valence-electron chi connectivity index (χ3n) is 7.12. The predicted octanol–water partition coefficient (Wildman–Crippen LogP) is 5.02. The summed E-state index contributed by atoms with van der Waals surface area (Å²) in [4.78, 5) is 16.9. The number of nitrogens with two attached hydrogens (primary N) is 1. The number of hydrogen-bond acceptors (Lipinski definition) is 10. The van der Waals surface area contributed by atoms with Crippen LogP contribution in [0.4, 0.5) is 8.78 Å². The minimum Gasteiger partial charge on any atom is -0.489 e. The highest BCUT2D eigenvalue weighted by atomic mass is 35.5. The largest absolute Gasteiger partial charge is 0.489 e. The van der Waals surface area contributed by atoms with Gasteiger partial charge >= 0.3 is 12.6 Å². The molecule has 2 fully saturated rings. The van der Waals surface area contributed by atoms with E-state index in [2.05, 4.69) is 9.72 Å². The molecule has 3 aromatic rings. The second-order valence-corrected chi connectivity index (χ2v) is 15.9. The Kier molecular flexibility index (Phi) is 10.7. The molecule has 2 N–H and O–H groups in total. The minimum absolute atomic E-state index is 0.00635. The van der Waals surface area contributed by atoms with E-state index in [1.165, 1.54) is 42.7 Å². The zero-order chi connectivity index (χ0) is 33.2. The third kappa shape index (κ3) is 8.21. The van der Waals surface area contributed by atoms with E-state index < -0.39 is 49.0 Å². The lowest BCUT2D eigenvalue weighted by Crippen LogP contribution is -2.40. The van der Waals surface area contributed by atoms with E-state index >= 15 is 0 Å². The van der Waals surface area contributed by atoms with Crippen molar-refractivity contribution >= 4 is 61.0 Å². The van der Waals surface area contributed by atoms with Crippen LogP contribution in [0, 0.1) is 5.92 Å². The van der Waals surface area contributed by atoms with Crippen molar-refractivity contribution in [3.8, 4) is 11.5 Å². The lowest BCUT2D eigenvalue weighted by molar-refractivity contribution is -0.150. The molecule has 1 saturated heterocycles. The van der Waals surface area contributed by atoms with Crippen molar-refractivity contribution in [1.82, 2.24) is 9.29 Å². The number of primary sulfonamides is 1. The summed E-state index contributed by atoms with van der Waals surface area (Å²) >= 11 is 13.7. The van der Waals surface area contributed by atoms with Gasteiger partial charge in [0.1, 0.15) is 6.10 Å². The number of halogens is 4. The highest BCUT2D eigenvalue weighted by Gasteiger charge is 2.42. The van der Waals surface area contributed by atoms with E-state index in [-0.39, 0.29) is 57.7 Å². The Balaban J connectivity index is 1.47. The van der Waals surface area contributed by atoms with Crippen LogP contribution in [-0.4, -0.2) is 63.0 Å². The first-order chi connectivity index (χ1) is 21.7. The maximum absolute atomic E-state index is 13.7. The first-order valence-electron chi connectivity index (χ1n) is 13.7. The summed E-state index contributed by atoms with van der Waals surface area (Å²) in [5, 5.41) is 4.18. The number of carbonyl (C=O) groups excluding carboxylic acids is 1. The number of esters is 1. The highest BCUT2D eigenvalue weighted by molar-refractivity contribution is 8.02. The van der Waals surface area contributed by atoms with Crippen molar-refractivity contribution in [2.24, 2.45) is 11.1 Å². The molecule has 2 aliphatic rings. The molecule has 248 valence electrons. The normalized spacial score (nSPS) is 18.0. The van der Waals surface area contributed by atoms with Crippen molar-refractivity contribution in [3.63, 3.8) is 0 Å². The van der Waals surface area contributed by atoms with Gasteiger partial charge in [0, 0.05) is 31.1 Å². The minimum atomic E-state index is -4.39. The molecule has 0 radical (unpaired) electrons. The second kappa shape index (κ2) is 14.2. The Bertz CT molecular complexity index is 1810.